The average Bonchev–Trinajstić information content (AvgIpc) is 3.03. The number of hydrogen-bond acceptors (Lipinski definition) is 2. The van der Waals surface area contributed by atoms with Crippen LogP contribution in [0.1, 0.15) is 41.0 Å². The maximum Gasteiger partial charge on any atom is 0.00913 e. The molecule has 1 saturated heterocycles. The van der Waals surface area contributed by atoms with Crippen molar-refractivity contribution in [3.05, 3.63) is 0 Å². The van der Waals surface area contributed by atoms with E-state index in [4.69, 9.17) is 0 Å². The topological polar surface area (TPSA) is 24.1 Å². The second kappa shape index (κ2) is 6.39. The first kappa shape index (κ1) is 11.0. The SMILES string of the molecule is C1CC(NCC2CC2)CCN1.CC.[HH]. The van der Waals surface area contributed by atoms with Crippen molar-refractivity contribution >= 4 is 0 Å². The predicted molar refractivity (Wildman–Crippen MR) is 60.1 cm³/mol. The van der Waals surface area contributed by atoms with Crippen molar-refractivity contribution in [1.82, 2.24) is 10.6 Å². The van der Waals surface area contributed by atoms with E-state index in [9.17, 15) is 0 Å². The lowest BCUT2D eigenvalue weighted by Crippen LogP contribution is -2.40. The van der Waals surface area contributed by atoms with Crippen molar-refractivity contribution in [2.75, 3.05) is 19.6 Å². The lowest BCUT2D eigenvalue weighted by atomic mass is 10.1. The predicted octanol–water partition coefficient (Wildman–Crippen LogP) is 2.01. The largest absolute Gasteiger partial charge is 0.317 e. The monoisotopic (exact) mass is 186 g/mol. The fourth-order valence-electron chi connectivity index (χ4n) is 1.68. The van der Waals surface area contributed by atoms with Crippen molar-refractivity contribution < 1.29 is 1.43 Å². The molecule has 0 bridgehead atoms. The fourth-order valence-corrected chi connectivity index (χ4v) is 1.68. The van der Waals surface area contributed by atoms with Gasteiger partial charge in [-0.2, -0.15) is 0 Å². The minimum absolute atomic E-state index is 0. The molecule has 0 radical (unpaired) electrons. The summed E-state index contributed by atoms with van der Waals surface area (Å²) in [5.41, 5.74) is 0. The smallest absolute Gasteiger partial charge is 0.00913 e. The Morgan fingerprint density at radius 1 is 1.15 bits per heavy atom. The van der Waals surface area contributed by atoms with Crippen molar-refractivity contribution in [3.63, 3.8) is 0 Å². The number of hydrogen-bond donors (Lipinski definition) is 2. The van der Waals surface area contributed by atoms with Crippen LogP contribution in [0.2, 0.25) is 0 Å². The maximum atomic E-state index is 3.64. The number of piperidine rings is 1. The van der Waals surface area contributed by atoms with Gasteiger partial charge in [-0.05, 0) is 51.2 Å². The van der Waals surface area contributed by atoms with E-state index < -0.39 is 0 Å². The molecule has 1 heterocycles. The molecule has 2 rings (SSSR count). The molecule has 1 aliphatic heterocycles. The van der Waals surface area contributed by atoms with Gasteiger partial charge in [-0.25, -0.2) is 0 Å². The van der Waals surface area contributed by atoms with Crippen molar-refractivity contribution in [2.45, 2.75) is 45.6 Å². The molecular formula is C11H26N2. The first-order valence-corrected chi connectivity index (χ1v) is 5.89. The molecule has 0 spiro atoms. The standard InChI is InChI=1S/C9H18N2.C2H6.H2/c1-2-8(1)7-11-9-3-5-10-6-4-9;1-2;/h8-11H,1-7H2;1-2H3;1H. The van der Waals surface area contributed by atoms with Gasteiger partial charge in [-0.15, -0.1) is 0 Å². The third-order valence-electron chi connectivity index (χ3n) is 2.73. The van der Waals surface area contributed by atoms with Crippen LogP contribution in [0.15, 0.2) is 0 Å². The second-order valence-corrected chi connectivity index (χ2v) is 3.88. The zero-order valence-electron chi connectivity index (χ0n) is 9.10. The molecule has 2 fully saturated rings. The van der Waals surface area contributed by atoms with Gasteiger partial charge in [-0.3, -0.25) is 0 Å². The highest BCUT2D eigenvalue weighted by Gasteiger charge is 2.22. The van der Waals surface area contributed by atoms with E-state index in [1.54, 1.807) is 0 Å². The highest BCUT2D eigenvalue weighted by Crippen LogP contribution is 2.27. The van der Waals surface area contributed by atoms with E-state index >= 15 is 0 Å². The average molecular weight is 186 g/mol. The highest BCUT2D eigenvalue weighted by molar-refractivity contribution is 4.80. The summed E-state index contributed by atoms with van der Waals surface area (Å²) in [6, 6.07) is 0.817. The molecule has 2 nitrogen and oxygen atoms in total. The summed E-state index contributed by atoms with van der Waals surface area (Å²) in [6.45, 7) is 7.70. The Morgan fingerprint density at radius 2 is 1.77 bits per heavy atom. The third kappa shape index (κ3) is 4.63. The van der Waals surface area contributed by atoms with Crippen LogP contribution >= 0.6 is 0 Å². The Hall–Kier alpha value is -0.0800. The van der Waals surface area contributed by atoms with E-state index in [-0.39, 0.29) is 1.43 Å². The Labute approximate surface area is 84.0 Å². The molecule has 0 amide bonds. The van der Waals surface area contributed by atoms with E-state index in [2.05, 4.69) is 10.6 Å². The van der Waals surface area contributed by atoms with Gasteiger partial charge in [0.05, 0.1) is 0 Å². The Balaban J connectivity index is 0.000000531. The van der Waals surface area contributed by atoms with E-state index in [1.165, 1.54) is 45.3 Å². The normalized spacial score (nSPS) is 23.5. The molecule has 0 aromatic heterocycles. The molecular weight excluding hydrogens is 160 g/mol. The van der Waals surface area contributed by atoms with Crippen LogP contribution in [-0.2, 0) is 0 Å². The Morgan fingerprint density at radius 3 is 2.31 bits per heavy atom. The molecule has 80 valence electrons. The summed E-state index contributed by atoms with van der Waals surface area (Å²) >= 11 is 0. The molecule has 0 aromatic carbocycles. The van der Waals surface area contributed by atoms with Gasteiger partial charge in [-0.1, -0.05) is 13.8 Å². The summed E-state index contributed by atoms with van der Waals surface area (Å²) in [7, 11) is 0. The van der Waals surface area contributed by atoms with Crippen molar-refractivity contribution in [1.29, 1.82) is 0 Å². The quantitative estimate of drug-likeness (QED) is 0.704. The van der Waals surface area contributed by atoms with Crippen LogP contribution in [0.3, 0.4) is 0 Å². The van der Waals surface area contributed by atoms with Crippen LogP contribution in [0, 0.1) is 5.92 Å². The van der Waals surface area contributed by atoms with Crippen molar-refractivity contribution in [3.8, 4) is 0 Å². The first-order chi connectivity index (χ1) is 6.45. The van der Waals surface area contributed by atoms with Crippen LogP contribution in [-0.4, -0.2) is 25.7 Å². The van der Waals surface area contributed by atoms with Gasteiger partial charge in [0.1, 0.15) is 0 Å². The van der Waals surface area contributed by atoms with E-state index in [0.29, 0.717) is 0 Å². The molecule has 2 aliphatic rings. The summed E-state index contributed by atoms with van der Waals surface area (Å²) in [5.74, 6) is 1.03. The summed E-state index contributed by atoms with van der Waals surface area (Å²) in [4.78, 5) is 0. The zero-order chi connectivity index (χ0) is 9.52. The summed E-state index contributed by atoms with van der Waals surface area (Å²) in [6.07, 6.45) is 5.59. The number of nitrogens with one attached hydrogen (secondary N) is 2. The van der Waals surface area contributed by atoms with Gasteiger partial charge in [0, 0.05) is 7.47 Å². The van der Waals surface area contributed by atoms with Gasteiger partial charge < -0.3 is 10.6 Å². The maximum absolute atomic E-state index is 3.64. The first-order valence-electron chi connectivity index (χ1n) is 5.89. The van der Waals surface area contributed by atoms with Gasteiger partial charge >= 0.3 is 0 Å². The fraction of sp³-hybridized carbons (Fsp3) is 1.00. The molecule has 2 heteroatoms. The Bertz CT molecular complexity index is 120. The molecule has 0 unspecified atom stereocenters. The van der Waals surface area contributed by atoms with Crippen LogP contribution < -0.4 is 10.6 Å². The van der Waals surface area contributed by atoms with Gasteiger partial charge in [0.2, 0.25) is 0 Å². The molecule has 1 aliphatic carbocycles. The van der Waals surface area contributed by atoms with Gasteiger partial charge in [0.15, 0.2) is 0 Å². The lowest BCUT2D eigenvalue weighted by molar-refractivity contribution is 0.383. The van der Waals surface area contributed by atoms with E-state index in [0.717, 1.165) is 12.0 Å². The van der Waals surface area contributed by atoms with E-state index in [1.807, 2.05) is 13.8 Å². The molecule has 13 heavy (non-hydrogen) atoms. The minimum atomic E-state index is 0. The molecule has 1 saturated carbocycles. The van der Waals surface area contributed by atoms with Gasteiger partial charge in [0.25, 0.3) is 0 Å². The summed E-state index contributed by atoms with van der Waals surface area (Å²) in [5, 5.41) is 7.02. The minimum Gasteiger partial charge on any atom is -0.317 e. The van der Waals surface area contributed by atoms with Crippen LogP contribution in [0.25, 0.3) is 0 Å². The molecule has 2 N–H and O–H groups in total. The van der Waals surface area contributed by atoms with Crippen LogP contribution in [0.4, 0.5) is 0 Å². The highest BCUT2D eigenvalue weighted by atomic mass is 15.0. The summed E-state index contributed by atoms with van der Waals surface area (Å²) < 4.78 is 0. The van der Waals surface area contributed by atoms with Crippen LogP contribution in [0.5, 0.6) is 0 Å². The third-order valence-corrected chi connectivity index (χ3v) is 2.73. The second-order valence-electron chi connectivity index (χ2n) is 3.88. The molecule has 0 aromatic rings. The number of rotatable bonds is 3. The lowest BCUT2D eigenvalue weighted by Gasteiger charge is -2.23. The van der Waals surface area contributed by atoms with Crippen molar-refractivity contribution in [2.24, 2.45) is 5.92 Å². The Kier molecular flexibility index (Phi) is 5.40. The zero-order valence-corrected chi connectivity index (χ0v) is 9.10. The molecule has 0 atom stereocenters.